The maximum absolute atomic E-state index is 12.2. The smallest absolute Gasteiger partial charge is 0.286 e. The first-order valence-corrected chi connectivity index (χ1v) is 8.47. The van der Waals surface area contributed by atoms with Crippen molar-refractivity contribution in [2.24, 2.45) is 0 Å². The molecule has 1 aromatic heterocycles. The summed E-state index contributed by atoms with van der Waals surface area (Å²) in [6, 6.07) is 16.4. The highest BCUT2D eigenvalue weighted by Gasteiger charge is 2.14. The average Bonchev–Trinajstić information content (AvgIpc) is 3.11. The molecule has 0 radical (unpaired) electrons. The van der Waals surface area contributed by atoms with Gasteiger partial charge in [-0.1, -0.05) is 47.2 Å². The molecule has 3 rings (SSSR count). The quantitative estimate of drug-likeness (QED) is 0.739. The molecule has 0 aliphatic carbocycles. The van der Waals surface area contributed by atoms with Gasteiger partial charge in [0.1, 0.15) is 5.01 Å². The number of hydrogen-bond acceptors (Lipinski definition) is 5. The van der Waals surface area contributed by atoms with E-state index >= 15 is 0 Å². The van der Waals surface area contributed by atoms with Crippen molar-refractivity contribution in [3.8, 4) is 0 Å². The molecule has 0 saturated carbocycles. The van der Waals surface area contributed by atoms with Crippen molar-refractivity contribution in [2.45, 2.75) is 13.5 Å². The fraction of sp³-hybridized carbons (Fsp3) is 0.111. The summed E-state index contributed by atoms with van der Waals surface area (Å²) in [5.41, 5.74) is 2.39. The molecule has 7 heteroatoms. The zero-order valence-electron chi connectivity index (χ0n) is 13.5. The molecule has 0 atom stereocenters. The molecule has 2 N–H and O–H groups in total. The fourth-order valence-corrected chi connectivity index (χ4v) is 2.76. The second-order valence-electron chi connectivity index (χ2n) is 5.37. The molecule has 1 heterocycles. The number of aryl methyl sites for hydroxylation is 1. The zero-order chi connectivity index (χ0) is 17.6. The maximum Gasteiger partial charge on any atom is 0.286 e. The summed E-state index contributed by atoms with van der Waals surface area (Å²) < 4.78 is 0. The molecule has 0 saturated heterocycles. The molecule has 126 valence electrons. The Hall–Kier alpha value is -3.06. The summed E-state index contributed by atoms with van der Waals surface area (Å²) in [6.07, 6.45) is 0. The lowest BCUT2D eigenvalue weighted by molar-refractivity contribution is 0.0950. The second-order valence-corrected chi connectivity index (χ2v) is 6.43. The third kappa shape index (κ3) is 4.48. The minimum Gasteiger partial charge on any atom is -0.345 e. The number of carbonyl (C=O) groups excluding carboxylic acids is 2. The van der Waals surface area contributed by atoms with E-state index < -0.39 is 0 Å². The summed E-state index contributed by atoms with van der Waals surface area (Å²) in [4.78, 5) is 24.2. The molecule has 0 fully saturated rings. The molecule has 3 aromatic rings. The van der Waals surface area contributed by atoms with Crippen LogP contribution in [0.5, 0.6) is 0 Å². The highest BCUT2D eigenvalue weighted by Crippen LogP contribution is 2.14. The summed E-state index contributed by atoms with van der Waals surface area (Å²) in [7, 11) is 0. The van der Waals surface area contributed by atoms with Crippen LogP contribution in [0, 0.1) is 6.92 Å². The summed E-state index contributed by atoms with van der Waals surface area (Å²) in [5.74, 6) is -0.511. The van der Waals surface area contributed by atoms with Crippen LogP contribution >= 0.6 is 11.3 Å². The van der Waals surface area contributed by atoms with Gasteiger partial charge in [-0.05, 0) is 31.2 Å². The van der Waals surface area contributed by atoms with E-state index in [9.17, 15) is 9.59 Å². The second kappa shape index (κ2) is 7.67. The highest BCUT2D eigenvalue weighted by molar-refractivity contribution is 7.13. The van der Waals surface area contributed by atoms with Crippen molar-refractivity contribution in [1.82, 2.24) is 15.5 Å². The first-order chi connectivity index (χ1) is 12.1. The molecule has 0 unspecified atom stereocenters. The van der Waals surface area contributed by atoms with Gasteiger partial charge in [0.05, 0.1) is 6.54 Å². The first-order valence-electron chi connectivity index (χ1n) is 7.65. The number of hydrogen-bond donors (Lipinski definition) is 2. The molecule has 0 aliphatic rings. The Balaban J connectivity index is 1.57. The van der Waals surface area contributed by atoms with Gasteiger partial charge in [0.15, 0.2) is 0 Å². The van der Waals surface area contributed by atoms with Crippen molar-refractivity contribution in [3.63, 3.8) is 0 Å². The van der Waals surface area contributed by atoms with Gasteiger partial charge in [0, 0.05) is 11.3 Å². The van der Waals surface area contributed by atoms with Crippen molar-refractivity contribution in [3.05, 3.63) is 75.7 Å². The third-order valence-electron chi connectivity index (χ3n) is 3.41. The van der Waals surface area contributed by atoms with Gasteiger partial charge in [-0.2, -0.15) is 0 Å². The Morgan fingerprint density at radius 1 is 0.960 bits per heavy atom. The highest BCUT2D eigenvalue weighted by atomic mass is 32.1. The molecule has 2 amide bonds. The van der Waals surface area contributed by atoms with Gasteiger partial charge in [-0.3, -0.25) is 9.59 Å². The average molecular weight is 352 g/mol. The third-order valence-corrected chi connectivity index (χ3v) is 4.33. The monoisotopic (exact) mass is 352 g/mol. The molecule has 2 aromatic carbocycles. The van der Waals surface area contributed by atoms with E-state index in [2.05, 4.69) is 20.8 Å². The Morgan fingerprint density at radius 3 is 2.40 bits per heavy atom. The van der Waals surface area contributed by atoms with Crippen LogP contribution in [0.2, 0.25) is 0 Å². The number of rotatable bonds is 5. The first kappa shape index (κ1) is 16.8. The van der Waals surface area contributed by atoms with Crippen molar-refractivity contribution in [1.29, 1.82) is 0 Å². The Kier molecular flexibility index (Phi) is 5.15. The number of nitrogens with zero attached hydrogens (tertiary/aromatic N) is 2. The van der Waals surface area contributed by atoms with Crippen LogP contribution < -0.4 is 10.6 Å². The Bertz CT molecular complexity index is 876. The van der Waals surface area contributed by atoms with Gasteiger partial charge in [0.2, 0.25) is 5.01 Å². The fourth-order valence-electron chi connectivity index (χ4n) is 2.09. The summed E-state index contributed by atoms with van der Waals surface area (Å²) in [6.45, 7) is 2.20. The minimum atomic E-state index is -0.318. The lowest BCUT2D eigenvalue weighted by Gasteiger charge is -2.02. The zero-order valence-corrected chi connectivity index (χ0v) is 14.3. The van der Waals surface area contributed by atoms with Gasteiger partial charge in [-0.25, -0.2) is 0 Å². The van der Waals surface area contributed by atoms with E-state index in [0.717, 1.165) is 16.9 Å². The standard InChI is InChI=1S/C18H16N4O2S/c1-12-7-9-14(10-8-12)20-17(24)18-22-21-15(25-18)11-19-16(23)13-5-3-2-4-6-13/h2-10H,11H2,1H3,(H,19,23)(H,20,24). The molecule has 0 aliphatic heterocycles. The molecule has 25 heavy (non-hydrogen) atoms. The normalized spacial score (nSPS) is 10.3. The number of amides is 2. The van der Waals surface area contributed by atoms with E-state index in [1.54, 1.807) is 24.3 Å². The molecule has 0 spiro atoms. The van der Waals surface area contributed by atoms with Gasteiger partial charge in [-0.15, -0.1) is 10.2 Å². The van der Waals surface area contributed by atoms with Crippen LogP contribution in [0.4, 0.5) is 5.69 Å². The van der Waals surface area contributed by atoms with E-state index in [1.165, 1.54) is 0 Å². The van der Waals surface area contributed by atoms with E-state index in [4.69, 9.17) is 0 Å². The van der Waals surface area contributed by atoms with E-state index in [-0.39, 0.29) is 23.4 Å². The van der Waals surface area contributed by atoms with Crippen LogP contribution in [0.15, 0.2) is 54.6 Å². The summed E-state index contributed by atoms with van der Waals surface area (Å²) >= 11 is 1.15. The number of aromatic nitrogens is 2. The molecule has 0 bridgehead atoms. The lowest BCUT2D eigenvalue weighted by atomic mass is 10.2. The van der Waals surface area contributed by atoms with Crippen LogP contribution in [-0.4, -0.2) is 22.0 Å². The predicted molar refractivity (Wildman–Crippen MR) is 96.7 cm³/mol. The Labute approximate surface area is 148 Å². The topological polar surface area (TPSA) is 84.0 Å². The van der Waals surface area contributed by atoms with Crippen molar-refractivity contribution in [2.75, 3.05) is 5.32 Å². The maximum atomic E-state index is 12.2. The van der Waals surface area contributed by atoms with E-state index in [0.29, 0.717) is 16.3 Å². The summed E-state index contributed by atoms with van der Waals surface area (Å²) in [5, 5.41) is 14.2. The molecular formula is C18H16N4O2S. The van der Waals surface area contributed by atoms with Crippen LogP contribution in [0.1, 0.15) is 30.7 Å². The minimum absolute atomic E-state index is 0.193. The van der Waals surface area contributed by atoms with Gasteiger partial charge in [0.25, 0.3) is 11.8 Å². The van der Waals surface area contributed by atoms with Crippen LogP contribution in [-0.2, 0) is 6.54 Å². The number of nitrogens with one attached hydrogen (secondary N) is 2. The van der Waals surface area contributed by atoms with Gasteiger partial charge >= 0.3 is 0 Å². The molecule has 6 nitrogen and oxygen atoms in total. The van der Waals surface area contributed by atoms with Crippen LogP contribution in [0.25, 0.3) is 0 Å². The van der Waals surface area contributed by atoms with E-state index in [1.807, 2.05) is 37.3 Å². The largest absolute Gasteiger partial charge is 0.345 e. The Morgan fingerprint density at radius 2 is 1.68 bits per heavy atom. The number of benzene rings is 2. The number of carbonyl (C=O) groups is 2. The lowest BCUT2D eigenvalue weighted by Crippen LogP contribution is -2.22. The molecular weight excluding hydrogens is 336 g/mol. The van der Waals surface area contributed by atoms with Gasteiger partial charge < -0.3 is 10.6 Å². The number of anilines is 1. The van der Waals surface area contributed by atoms with Crippen molar-refractivity contribution >= 4 is 28.8 Å². The predicted octanol–water partition coefficient (Wildman–Crippen LogP) is 3.03. The SMILES string of the molecule is Cc1ccc(NC(=O)c2nnc(CNC(=O)c3ccccc3)s2)cc1. The van der Waals surface area contributed by atoms with Crippen molar-refractivity contribution < 1.29 is 9.59 Å². The van der Waals surface area contributed by atoms with Crippen LogP contribution in [0.3, 0.4) is 0 Å².